The second-order valence-electron chi connectivity index (χ2n) is 9.10. The van der Waals surface area contributed by atoms with Crippen LogP contribution in [-0.2, 0) is 20.8 Å². The van der Waals surface area contributed by atoms with Crippen LogP contribution in [0.4, 0.5) is 0 Å². The van der Waals surface area contributed by atoms with Gasteiger partial charge >= 0.3 is 0 Å². The first-order valence-corrected chi connectivity index (χ1v) is 12.6. The van der Waals surface area contributed by atoms with E-state index < -0.39 is 0 Å². The van der Waals surface area contributed by atoms with E-state index in [2.05, 4.69) is 15.3 Å². The number of carbonyl (C=O) groups is 3. The summed E-state index contributed by atoms with van der Waals surface area (Å²) in [5, 5.41) is 2.92. The number of ether oxygens (including phenoxy) is 1. The van der Waals surface area contributed by atoms with E-state index in [-0.39, 0.29) is 36.6 Å². The average Bonchev–Trinajstić information content (AvgIpc) is 2.95. The summed E-state index contributed by atoms with van der Waals surface area (Å²) in [5.41, 5.74) is 3.04. The first kappa shape index (κ1) is 26.1. The van der Waals surface area contributed by atoms with Gasteiger partial charge in [0.05, 0.1) is 30.6 Å². The summed E-state index contributed by atoms with van der Waals surface area (Å²) in [6.45, 7) is 3.22. The van der Waals surface area contributed by atoms with Gasteiger partial charge < -0.3 is 19.9 Å². The van der Waals surface area contributed by atoms with Gasteiger partial charge in [0.15, 0.2) is 0 Å². The summed E-state index contributed by atoms with van der Waals surface area (Å²) in [7, 11) is 1.55. The third-order valence-electron chi connectivity index (χ3n) is 6.60. The number of fused-ring (bicyclic) bond motifs is 1. The van der Waals surface area contributed by atoms with E-state index in [0.29, 0.717) is 50.6 Å². The van der Waals surface area contributed by atoms with Crippen LogP contribution in [0, 0.1) is 0 Å². The molecule has 1 saturated heterocycles. The van der Waals surface area contributed by atoms with Crippen molar-refractivity contribution in [1.29, 1.82) is 0 Å². The van der Waals surface area contributed by atoms with Crippen molar-refractivity contribution in [3.05, 3.63) is 65.9 Å². The van der Waals surface area contributed by atoms with Crippen LogP contribution in [0.3, 0.4) is 0 Å². The fraction of sp³-hybridized carbons (Fsp3) is 0.393. The Morgan fingerprint density at radius 2 is 1.70 bits per heavy atom. The van der Waals surface area contributed by atoms with E-state index in [9.17, 15) is 14.4 Å². The highest BCUT2D eigenvalue weighted by molar-refractivity contribution is 5.80. The van der Waals surface area contributed by atoms with Crippen LogP contribution in [0.2, 0.25) is 0 Å². The maximum Gasteiger partial charge on any atom is 0.235 e. The first-order valence-electron chi connectivity index (χ1n) is 12.6. The predicted octanol–water partition coefficient (Wildman–Crippen LogP) is 2.90. The van der Waals surface area contributed by atoms with Crippen molar-refractivity contribution in [1.82, 2.24) is 25.1 Å². The van der Waals surface area contributed by atoms with Crippen molar-refractivity contribution in [2.24, 2.45) is 0 Å². The SMILES string of the molecule is COc1nc2ccccc2nc1CCC(=O)N1CCCN(C(C)=O)C(c2ccccc2)CC(=O)NCC1. The molecule has 194 valence electrons. The van der Waals surface area contributed by atoms with E-state index in [1.807, 2.05) is 54.6 Å². The van der Waals surface area contributed by atoms with E-state index in [0.717, 1.165) is 16.6 Å². The largest absolute Gasteiger partial charge is 0.480 e. The van der Waals surface area contributed by atoms with Gasteiger partial charge in [-0.3, -0.25) is 14.4 Å². The smallest absolute Gasteiger partial charge is 0.235 e. The first-order chi connectivity index (χ1) is 18.0. The van der Waals surface area contributed by atoms with Crippen LogP contribution in [0.5, 0.6) is 5.88 Å². The Labute approximate surface area is 216 Å². The zero-order valence-corrected chi connectivity index (χ0v) is 21.4. The number of nitrogens with one attached hydrogen (secondary N) is 1. The number of amides is 3. The molecule has 4 rings (SSSR count). The summed E-state index contributed by atoms with van der Waals surface area (Å²) < 4.78 is 5.42. The molecule has 1 atom stereocenters. The molecular weight excluding hydrogens is 470 g/mol. The van der Waals surface area contributed by atoms with Crippen LogP contribution < -0.4 is 10.1 Å². The molecule has 1 fully saturated rings. The maximum absolute atomic E-state index is 13.2. The van der Waals surface area contributed by atoms with Gasteiger partial charge in [0.25, 0.3) is 0 Å². The lowest BCUT2D eigenvalue weighted by Gasteiger charge is -2.31. The quantitative estimate of drug-likeness (QED) is 0.574. The summed E-state index contributed by atoms with van der Waals surface area (Å²) in [5.74, 6) is 0.131. The number of methoxy groups -OCH3 is 1. The fourth-order valence-electron chi connectivity index (χ4n) is 4.72. The molecule has 1 aliphatic rings. The summed E-state index contributed by atoms with van der Waals surface area (Å²) in [4.78, 5) is 51.2. The van der Waals surface area contributed by atoms with Gasteiger partial charge in [-0.15, -0.1) is 0 Å². The third kappa shape index (κ3) is 6.61. The lowest BCUT2D eigenvalue weighted by molar-refractivity contribution is -0.132. The number of hydrogen-bond donors (Lipinski definition) is 1. The molecule has 1 N–H and O–H groups in total. The molecule has 1 aromatic heterocycles. The summed E-state index contributed by atoms with van der Waals surface area (Å²) in [6, 6.07) is 16.8. The number of benzene rings is 2. The standard InChI is InChI=1S/C28H33N5O4/c1-20(34)33-17-8-16-32(18-15-29-26(35)19-25(33)21-9-4-3-5-10-21)27(36)14-13-24-28(37-2)31-23-12-7-6-11-22(23)30-24/h3-7,9-12,25H,8,13-19H2,1-2H3,(H,29,35). The number of para-hydroxylation sites is 2. The van der Waals surface area contributed by atoms with Gasteiger partial charge in [-0.05, 0) is 24.1 Å². The topological polar surface area (TPSA) is 105 Å². The van der Waals surface area contributed by atoms with E-state index in [4.69, 9.17) is 4.74 Å². The third-order valence-corrected chi connectivity index (χ3v) is 6.60. The molecule has 0 radical (unpaired) electrons. The van der Waals surface area contributed by atoms with Crippen molar-refractivity contribution in [2.45, 2.75) is 38.6 Å². The molecule has 0 aliphatic carbocycles. The minimum atomic E-state index is -0.347. The number of aromatic nitrogens is 2. The molecule has 0 bridgehead atoms. The Bertz CT molecular complexity index is 1250. The van der Waals surface area contributed by atoms with Crippen molar-refractivity contribution in [2.75, 3.05) is 33.3 Å². The van der Waals surface area contributed by atoms with Crippen molar-refractivity contribution >= 4 is 28.8 Å². The van der Waals surface area contributed by atoms with Crippen LogP contribution in [0.25, 0.3) is 11.0 Å². The Hall–Kier alpha value is -4.01. The molecule has 3 amide bonds. The molecule has 1 aliphatic heterocycles. The molecule has 2 aromatic carbocycles. The van der Waals surface area contributed by atoms with Gasteiger partial charge in [0, 0.05) is 45.9 Å². The molecule has 2 heterocycles. The zero-order valence-electron chi connectivity index (χ0n) is 21.4. The van der Waals surface area contributed by atoms with Crippen LogP contribution >= 0.6 is 0 Å². The predicted molar refractivity (Wildman–Crippen MR) is 140 cm³/mol. The van der Waals surface area contributed by atoms with Gasteiger partial charge in [-0.1, -0.05) is 42.5 Å². The lowest BCUT2D eigenvalue weighted by Crippen LogP contribution is -2.39. The minimum Gasteiger partial charge on any atom is -0.480 e. The van der Waals surface area contributed by atoms with Crippen LogP contribution in [-0.4, -0.2) is 70.8 Å². The van der Waals surface area contributed by atoms with E-state index in [1.165, 1.54) is 6.92 Å². The highest BCUT2D eigenvalue weighted by Crippen LogP contribution is 2.25. The number of rotatable bonds is 5. The van der Waals surface area contributed by atoms with Gasteiger partial charge in [-0.25, -0.2) is 9.97 Å². The van der Waals surface area contributed by atoms with E-state index in [1.54, 1.807) is 16.9 Å². The Balaban J connectivity index is 1.45. The van der Waals surface area contributed by atoms with Crippen LogP contribution in [0.1, 0.15) is 43.5 Å². The Kier molecular flexibility index (Phi) is 8.66. The van der Waals surface area contributed by atoms with Gasteiger partial charge in [-0.2, -0.15) is 0 Å². The van der Waals surface area contributed by atoms with Crippen molar-refractivity contribution < 1.29 is 19.1 Å². The van der Waals surface area contributed by atoms with Crippen LogP contribution in [0.15, 0.2) is 54.6 Å². The van der Waals surface area contributed by atoms with Gasteiger partial charge in [0.2, 0.25) is 23.6 Å². The fourth-order valence-corrected chi connectivity index (χ4v) is 4.72. The van der Waals surface area contributed by atoms with Crippen molar-refractivity contribution in [3.8, 4) is 5.88 Å². The molecule has 1 unspecified atom stereocenters. The number of hydrogen-bond acceptors (Lipinski definition) is 6. The number of carbonyl (C=O) groups excluding carboxylic acids is 3. The van der Waals surface area contributed by atoms with E-state index >= 15 is 0 Å². The molecular formula is C28H33N5O4. The molecule has 3 aromatic rings. The number of aryl methyl sites for hydroxylation is 1. The Morgan fingerprint density at radius 1 is 1.00 bits per heavy atom. The Morgan fingerprint density at radius 3 is 2.41 bits per heavy atom. The molecule has 9 heteroatoms. The van der Waals surface area contributed by atoms with Gasteiger partial charge in [0.1, 0.15) is 5.69 Å². The number of nitrogens with zero attached hydrogens (tertiary/aromatic N) is 4. The highest BCUT2D eigenvalue weighted by atomic mass is 16.5. The summed E-state index contributed by atoms with van der Waals surface area (Å²) in [6.07, 6.45) is 1.42. The molecule has 0 spiro atoms. The minimum absolute atomic E-state index is 0.0421. The zero-order chi connectivity index (χ0) is 26.2. The normalized spacial score (nSPS) is 17.1. The summed E-state index contributed by atoms with van der Waals surface area (Å²) >= 11 is 0. The lowest BCUT2D eigenvalue weighted by atomic mass is 10.0. The molecule has 37 heavy (non-hydrogen) atoms. The second kappa shape index (κ2) is 12.3. The molecule has 0 saturated carbocycles. The average molecular weight is 504 g/mol. The maximum atomic E-state index is 13.2. The monoisotopic (exact) mass is 503 g/mol. The molecule has 9 nitrogen and oxygen atoms in total. The van der Waals surface area contributed by atoms with Crippen molar-refractivity contribution in [3.63, 3.8) is 0 Å². The highest BCUT2D eigenvalue weighted by Gasteiger charge is 2.27. The second-order valence-corrected chi connectivity index (χ2v) is 9.10.